The van der Waals surface area contributed by atoms with Crippen molar-refractivity contribution in [2.45, 2.75) is 77.7 Å². The van der Waals surface area contributed by atoms with Gasteiger partial charge in [0.05, 0.1) is 35.6 Å². The Morgan fingerprint density at radius 2 is 1.19 bits per heavy atom. The third-order valence-corrected chi connectivity index (χ3v) is 5.08. The predicted octanol–water partition coefficient (Wildman–Crippen LogP) is 7.92. The average molecular weight is 440 g/mol. The smallest absolute Gasteiger partial charge is 0.119 e. The zero-order chi connectivity index (χ0) is 22.5. The van der Waals surface area contributed by atoms with Gasteiger partial charge in [0.2, 0.25) is 0 Å². The van der Waals surface area contributed by atoms with Crippen LogP contribution in [-0.2, 0) is 6.61 Å². The van der Waals surface area contributed by atoms with Gasteiger partial charge in [-0.25, -0.2) is 8.78 Å². The molecule has 0 aromatic heterocycles. The summed E-state index contributed by atoms with van der Waals surface area (Å²) in [4.78, 5) is 0. The molecular weight excluding hydrogens is 408 g/mol. The summed E-state index contributed by atoms with van der Waals surface area (Å²) in [7, 11) is 0. The van der Waals surface area contributed by atoms with E-state index in [-0.39, 0.29) is 6.61 Å². The van der Waals surface area contributed by atoms with Gasteiger partial charge in [0.15, 0.2) is 0 Å². The molecule has 0 unspecified atom stereocenters. The van der Waals surface area contributed by atoms with E-state index in [4.69, 9.17) is 9.47 Å². The van der Waals surface area contributed by atoms with Crippen molar-refractivity contribution in [3.8, 4) is 11.5 Å². The maximum atomic E-state index is 13.6. The van der Waals surface area contributed by atoms with Gasteiger partial charge in [0.25, 0.3) is 0 Å². The highest BCUT2D eigenvalue weighted by Crippen LogP contribution is 2.27. The third kappa shape index (κ3) is 8.80. The SMILES string of the molecule is CCCCCCCCCCCCOc1ccc(COc2c(F)c(F)[c-]c(F)c2F)cc1. The first-order chi connectivity index (χ1) is 15.0. The minimum Gasteiger partial charge on any atom is -0.508 e. The van der Waals surface area contributed by atoms with E-state index in [1.165, 1.54) is 57.4 Å². The number of halogens is 4. The van der Waals surface area contributed by atoms with Gasteiger partial charge in [-0.05, 0) is 24.1 Å². The summed E-state index contributed by atoms with van der Waals surface area (Å²) in [6.45, 7) is 2.62. The molecule has 2 rings (SSSR count). The van der Waals surface area contributed by atoms with Crippen LogP contribution in [0.3, 0.4) is 0 Å². The molecule has 0 atom stereocenters. The van der Waals surface area contributed by atoms with Crippen LogP contribution in [0, 0.1) is 29.3 Å². The molecule has 0 radical (unpaired) electrons. The van der Waals surface area contributed by atoms with Gasteiger partial charge in [0.1, 0.15) is 12.4 Å². The number of unbranched alkanes of at least 4 members (excludes halogenated alkanes) is 9. The van der Waals surface area contributed by atoms with Gasteiger partial charge in [-0.15, -0.1) is 6.07 Å². The van der Waals surface area contributed by atoms with Crippen molar-refractivity contribution in [2.75, 3.05) is 6.61 Å². The summed E-state index contributed by atoms with van der Waals surface area (Å²) in [5, 5.41) is 0. The van der Waals surface area contributed by atoms with Gasteiger partial charge < -0.3 is 9.47 Å². The van der Waals surface area contributed by atoms with Crippen molar-refractivity contribution in [1.82, 2.24) is 0 Å². The fourth-order valence-corrected chi connectivity index (χ4v) is 3.25. The van der Waals surface area contributed by atoms with Crippen LogP contribution in [0.15, 0.2) is 24.3 Å². The van der Waals surface area contributed by atoms with Crippen LogP contribution in [0.25, 0.3) is 0 Å². The zero-order valence-corrected chi connectivity index (χ0v) is 18.1. The van der Waals surface area contributed by atoms with Crippen LogP contribution in [0.4, 0.5) is 17.6 Å². The van der Waals surface area contributed by atoms with Crippen molar-refractivity contribution in [2.24, 2.45) is 0 Å². The lowest BCUT2D eigenvalue weighted by atomic mass is 10.1. The molecule has 0 aliphatic carbocycles. The van der Waals surface area contributed by atoms with Gasteiger partial charge in [-0.1, -0.05) is 76.8 Å². The van der Waals surface area contributed by atoms with Crippen LogP contribution in [0.5, 0.6) is 11.5 Å². The molecule has 0 spiro atoms. The summed E-state index contributed by atoms with van der Waals surface area (Å²) in [5.74, 6) is -6.85. The lowest BCUT2D eigenvalue weighted by Crippen LogP contribution is -2.04. The first-order valence-corrected chi connectivity index (χ1v) is 11.1. The Kier molecular flexibility index (Phi) is 11.3. The second-order valence-corrected chi connectivity index (χ2v) is 7.67. The zero-order valence-electron chi connectivity index (χ0n) is 18.1. The minimum atomic E-state index is -1.62. The fraction of sp³-hybridized carbons (Fsp3) is 0.520. The highest BCUT2D eigenvalue weighted by molar-refractivity contribution is 5.30. The molecule has 0 aliphatic heterocycles. The topological polar surface area (TPSA) is 18.5 Å². The van der Waals surface area contributed by atoms with Crippen LogP contribution >= 0.6 is 0 Å². The van der Waals surface area contributed by atoms with Crippen LogP contribution in [0.2, 0.25) is 0 Å². The van der Waals surface area contributed by atoms with E-state index in [0.717, 1.165) is 12.8 Å². The lowest BCUT2D eigenvalue weighted by Gasteiger charge is -2.16. The monoisotopic (exact) mass is 439 g/mol. The molecule has 31 heavy (non-hydrogen) atoms. The minimum absolute atomic E-state index is 0.241. The van der Waals surface area contributed by atoms with E-state index in [0.29, 0.717) is 17.9 Å². The summed E-state index contributed by atoms with van der Waals surface area (Å²) in [5.41, 5.74) is 0.582. The number of rotatable bonds is 15. The third-order valence-electron chi connectivity index (χ3n) is 5.08. The highest BCUT2D eigenvalue weighted by atomic mass is 19.2. The second-order valence-electron chi connectivity index (χ2n) is 7.67. The van der Waals surface area contributed by atoms with Crippen LogP contribution < -0.4 is 9.47 Å². The molecule has 0 heterocycles. The average Bonchev–Trinajstić information content (AvgIpc) is 2.77. The van der Waals surface area contributed by atoms with E-state index in [1.54, 1.807) is 24.3 Å². The van der Waals surface area contributed by atoms with Gasteiger partial charge in [0, 0.05) is 0 Å². The molecule has 0 saturated carbocycles. The summed E-state index contributed by atoms with van der Waals surface area (Å²) >= 11 is 0. The predicted molar refractivity (Wildman–Crippen MR) is 113 cm³/mol. The number of benzene rings is 2. The van der Waals surface area contributed by atoms with Crippen molar-refractivity contribution in [3.63, 3.8) is 0 Å². The van der Waals surface area contributed by atoms with Crippen molar-refractivity contribution in [3.05, 3.63) is 59.2 Å². The Hall–Kier alpha value is -2.24. The fourth-order valence-electron chi connectivity index (χ4n) is 3.25. The first kappa shape index (κ1) is 25.0. The maximum Gasteiger partial charge on any atom is 0.119 e. The number of hydrogen-bond acceptors (Lipinski definition) is 2. The molecule has 0 saturated heterocycles. The van der Waals surface area contributed by atoms with Gasteiger partial charge in [-0.3, -0.25) is 8.78 Å². The van der Waals surface area contributed by atoms with Crippen molar-refractivity contribution >= 4 is 0 Å². The first-order valence-electron chi connectivity index (χ1n) is 11.1. The molecule has 0 amide bonds. The number of ether oxygens (including phenoxy) is 2. The molecule has 6 heteroatoms. The molecule has 172 valence electrons. The van der Waals surface area contributed by atoms with Crippen molar-refractivity contribution in [1.29, 1.82) is 0 Å². The summed E-state index contributed by atoms with van der Waals surface area (Å²) in [6.07, 6.45) is 12.6. The van der Waals surface area contributed by atoms with Crippen molar-refractivity contribution < 1.29 is 27.0 Å². The lowest BCUT2D eigenvalue weighted by molar-refractivity contribution is 0.261. The summed E-state index contributed by atoms with van der Waals surface area (Å²) in [6, 6.07) is 8.11. The van der Waals surface area contributed by atoms with E-state index in [1.807, 2.05) is 0 Å². The Morgan fingerprint density at radius 3 is 1.74 bits per heavy atom. The Morgan fingerprint density at radius 1 is 0.677 bits per heavy atom. The van der Waals surface area contributed by atoms with E-state index in [9.17, 15) is 17.6 Å². The molecule has 2 nitrogen and oxygen atoms in total. The molecule has 0 aliphatic rings. The molecule has 0 fully saturated rings. The molecule has 0 bridgehead atoms. The highest BCUT2D eigenvalue weighted by Gasteiger charge is 2.11. The molecule has 2 aromatic carbocycles. The van der Waals surface area contributed by atoms with E-state index >= 15 is 0 Å². The van der Waals surface area contributed by atoms with E-state index in [2.05, 4.69) is 6.92 Å². The standard InChI is InChI=1S/C25H31F4O2/c1-2-3-4-5-6-7-8-9-10-11-16-30-20-14-12-19(13-15-20)18-31-25-23(28)21(26)17-22(27)24(25)29/h12-15H,2-11,16,18H2,1H3/q-1. The normalized spacial score (nSPS) is 11.0. The number of hydrogen-bond donors (Lipinski definition) is 0. The Balaban J connectivity index is 1.62. The van der Waals surface area contributed by atoms with Crippen LogP contribution in [0.1, 0.15) is 76.7 Å². The quantitative estimate of drug-likeness (QED) is 0.121. The van der Waals surface area contributed by atoms with Gasteiger partial charge in [-0.2, -0.15) is 0 Å². The molecule has 0 N–H and O–H groups in total. The summed E-state index contributed by atoms with van der Waals surface area (Å²) < 4.78 is 64.1. The Bertz CT molecular complexity index is 752. The maximum absolute atomic E-state index is 13.6. The molecular formula is C25H31F4O2-. The van der Waals surface area contributed by atoms with Gasteiger partial charge >= 0.3 is 0 Å². The van der Waals surface area contributed by atoms with Crippen LogP contribution in [-0.4, -0.2) is 6.61 Å². The largest absolute Gasteiger partial charge is 0.508 e. The van der Waals surface area contributed by atoms with E-state index < -0.39 is 29.0 Å². The molecule has 2 aromatic rings. The Labute approximate surface area is 182 Å². The second kappa shape index (κ2) is 13.9.